The van der Waals surface area contributed by atoms with Crippen molar-refractivity contribution in [1.29, 1.82) is 5.26 Å². The highest BCUT2D eigenvalue weighted by atomic mass is 19.4. The molecule has 3 unspecified atom stereocenters. The van der Waals surface area contributed by atoms with Crippen LogP contribution in [0.3, 0.4) is 0 Å². The standard InChI is InChI=1S/C15H23F3N2/c1-2-3-11-4-5-12(9-19)14(8-11)20(13-6-7-13)10-15(16,17)18/h11-14H,2-8,10H2,1H3. The summed E-state index contributed by atoms with van der Waals surface area (Å²) in [4.78, 5) is 1.59. The minimum Gasteiger partial charge on any atom is -0.288 e. The van der Waals surface area contributed by atoms with E-state index in [4.69, 9.17) is 0 Å². The number of alkyl halides is 3. The van der Waals surface area contributed by atoms with Crippen LogP contribution in [0.15, 0.2) is 0 Å². The van der Waals surface area contributed by atoms with E-state index >= 15 is 0 Å². The number of nitriles is 1. The smallest absolute Gasteiger partial charge is 0.288 e. The molecule has 0 aromatic heterocycles. The first-order chi connectivity index (χ1) is 9.44. The molecule has 2 saturated carbocycles. The molecule has 2 rings (SSSR count). The molecule has 2 aliphatic carbocycles. The Bertz CT molecular complexity index is 357. The molecule has 2 nitrogen and oxygen atoms in total. The van der Waals surface area contributed by atoms with Crippen LogP contribution in [-0.4, -0.2) is 29.7 Å². The average molecular weight is 288 g/mol. The van der Waals surface area contributed by atoms with Crippen molar-refractivity contribution in [2.45, 2.75) is 70.1 Å². The SMILES string of the molecule is CCCC1CCC(C#N)C(N(CC(F)(F)F)C2CC2)C1. The molecule has 0 saturated heterocycles. The van der Waals surface area contributed by atoms with E-state index < -0.39 is 12.7 Å². The average Bonchev–Trinajstić information content (AvgIpc) is 3.19. The Balaban J connectivity index is 2.08. The zero-order valence-electron chi connectivity index (χ0n) is 12.0. The maximum Gasteiger partial charge on any atom is 0.401 e. The molecule has 0 N–H and O–H groups in total. The molecular formula is C15H23F3N2. The van der Waals surface area contributed by atoms with Crippen LogP contribution in [0.2, 0.25) is 0 Å². The molecule has 0 aromatic rings. The molecule has 0 aliphatic heterocycles. The van der Waals surface area contributed by atoms with Gasteiger partial charge in [-0.05, 0) is 38.0 Å². The Morgan fingerprint density at radius 3 is 2.40 bits per heavy atom. The minimum atomic E-state index is -4.17. The summed E-state index contributed by atoms with van der Waals surface area (Å²) < 4.78 is 38.4. The van der Waals surface area contributed by atoms with Crippen LogP contribution in [-0.2, 0) is 0 Å². The second-order valence-corrected chi connectivity index (χ2v) is 6.29. The molecule has 0 heterocycles. The summed E-state index contributed by atoms with van der Waals surface area (Å²) in [5.41, 5.74) is 0. The van der Waals surface area contributed by atoms with Crippen LogP contribution in [0, 0.1) is 23.2 Å². The van der Waals surface area contributed by atoms with E-state index in [1.165, 1.54) is 0 Å². The van der Waals surface area contributed by atoms with Gasteiger partial charge in [-0.1, -0.05) is 19.8 Å². The normalized spacial score (nSPS) is 31.3. The lowest BCUT2D eigenvalue weighted by atomic mass is 9.76. The van der Waals surface area contributed by atoms with Gasteiger partial charge in [0.2, 0.25) is 0 Å². The Kier molecular flexibility index (Phi) is 4.95. The zero-order valence-corrected chi connectivity index (χ0v) is 12.0. The van der Waals surface area contributed by atoms with Crippen LogP contribution in [0.25, 0.3) is 0 Å². The molecule has 0 bridgehead atoms. The highest BCUT2D eigenvalue weighted by molar-refractivity contribution is 5.01. The third-order valence-electron chi connectivity index (χ3n) is 4.59. The van der Waals surface area contributed by atoms with E-state index in [2.05, 4.69) is 13.0 Å². The lowest BCUT2D eigenvalue weighted by Crippen LogP contribution is -2.49. The summed E-state index contributed by atoms with van der Waals surface area (Å²) in [6.45, 7) is 1.26. The first-order valence-electron chi connectivity index (χ1n) is 7.66. The van der Waals surface area contributed by atoms with Gasteiger partial charge in [0.1, 0.15) is 0 Å². The molecule has 2 fully saturated rings. The monoisotopic (exact) mass is 288 g/mol. The van der Waals surface area contributed by atoms with E-state index in [0.29, 0.717) is 5.92 Å². The minimum absolute atomic E-state index is 0.0536. The van der Waals surface area contributed by atoms with Crippen molar-refractivity contribution in [3.05, 3.63) is 0 Å². The van der Waals surface area contributed by atoms with Gasteiger partial charge in [0.15, 0.2) is 0 Å². The van der Waals surface area contributed by atoms with Crippen molar-refractivity contribution in [1.82, 2.24) is 4.90 Å². The van der Waals surface area contributed by atoms with Crippen LogP contribution in [0.1, 0.15) is 51.9 Å². The van der Waals surface area contributed by atoms with E-state index in [0.717, 1.165) is 44.9 Å². The molecule has 0 radical (unpaired) electrons. The highest BCUT2D eigenvalue weighted by Gasteiger charge is 2.45. The molecule has 0 aromatic carbocycles. The van der Waals surface area contributed by atoms with Crippen molar-refractivity contribution in [3.63, 3.8) is 0 Å². The molecule has 2 aliphatic rings. The van der Waals surface area contributed by atoms with Gasteiger partial charge in [0, 0.05) is 12.1 Å². The van der Waals surface area contributed by atoms with Gasteiger partial charge in [0.05, 0.1) is 18.5 Å². The van der Waals surface area contributed by atoms with Crippen molar-refractivity contribution in [3.8, 4) is 6.07 Å². The maximum absolute atomic E-state index is 12.8. The highest BCUT2D eigenvalue weighted by Crippen LogP contribution is 2.40. The van der Waals surface area contributed by atoms with Gasteiger partial charge in [0.25, 0.3) is 0 Å². The number of hydrogen-bond acceptors (Lipinski definition) is 2. The molecule has 5 heteroatoms. The van der Waals surface area contributed by atoms with E-state index in [1.807, 2.05) is 0 Å². The Morgan fingerprint density at radius 2 is 1.90 bits per heavy atom. The van der Waals surface area contributed by atoms with Gasteiger partial charge >= 0.3 is 6.18 Å². The van der Waals surface area contributed by atoms with Crippen LogP contribution < -0.4 is 0 Å². The quantitative estimate of drug-likeness (QED) is 0.761. The number of nitrogens with zero attached hydrogens (tertiary/aromatic N) is 2. The number of rotatable bonds is 5. The van der Waals surface area contributed by atoms with Crippen molar-refractivity contribution in [2.24, 2.45) is 11.8 Å². The fourth-order valence-electron chi connectivity index (χ4n) is 3.55. The lowest BCUT2D eigenvalue weighted by molar-refractivity contribution is -0.156. The van der Waals surface area contributed by atoms with Gasteiger partial charge in [-0.2, -0.15) is 18.4 Å². The third kappa shape index (κ3) is 4.12. The number of hydrogen-bond donors (Lipinski definition) is 0. The lowest BCUT2D eigenvalue weighted by Gasteiger charge is -2.40. The summed E-state index contributed by atoms with van der Waals surface area (Å²) in [6.07, 6.45) is 2.18. The molecule has 114 valence electrons. The van der Waals surface area contributed by atoms with Crippen LogP contribution in [0.4, 0.5) is 13.2 Å². The Labute approximate surface area is 118 Å². The summed E-state index contributed by atoms with van der Waals surface area (Å²) in [5.74, 6) is 0.259. The van der Waals surface area contributed by atoms with Crippen molar-refractivity contribution >= 4 is 0 Å². The largest absolute Gasteiger partial charge is 0.401 e. The second-order valence-electron chi connectivity index (χ2n) is 6.29. The van der Waals surface area contributed by atoms with Gasteiger partial charge in [-0.25, -0.2) is 0 Å². The fourth-order valence-corrected chi connectivity index (χ4v) is 3.55. The predicted molar refractivity (Wildman–Crippen MR) is 70.9 cm³/mol. The third-order valence-corrected chi connectivity index (χ3v) is 4.59. The summed E-state index contributed by atoms with van der Waals surface area (Å²) >= 11 is 0. The molecule has 3 atom stereocenters. The van der Waals surface area contributed by atoms with Crippen LogP contribution >= 0.6 is 0 Å². The molecule has 0 spiro atoms. The van der Waals surface area contributed by atoms with Gasteiger partial charge < -0.3 is 0 Å². The second kappa shape index (κ2) is 6.34. The van der Waals surface area contributed by atoms with E-state index in [9.17, 15) is 18.4 Å². The first-order valence-corrected chi connectivity index (χ1v) is 7.66. The number of halogens is 3. The fraction of sp³-hybridized carbons (Fsp3) is 0.933. The van der Waals surface area contributed by atoms with Gasteiger partial charge in [-0.3, -0.25) is 4.90 Å². The topological polar surface area (TPSA) is 27.0 Å². The van der Waals surface area contributed by atoms with Crippen molar-refractivity contribution in [2.75, 3.05) is 6.54 Å². The predicted octanol–water partition coefficient (Wildman–Crippen LogP) is 4.12. The van der Waals surface area contributed by atoms with E-state index in [-0.39, 0.29) is 18.0 Å². The van der Waals surface area contributed by atoms with E-state index in [1.54, 1.807) is 4.90 Å². The molecular weight excluding hydrogens is 265 g/mol. The van der Waals surface area contributed by atoms with Crippen LogP contribution in [0.5, 0.6) is 0 Å². The molecule has 20 heavy (non-hydrogen) atoms. The first kappa shape index (κ1) is 15.6. The Morgan fingerprint density at radius 1 is 1.20 bits per heavy atom. The summed E-state index contributed by atoms with van der Waals surface area (Å²) in [7, 11) is 0. The van der Waals surface area contributed by atoms with Crippen molar-refractivity contribution < 1.29 is 13.2 Å². The summed E-state index contributed by atoms with van der Waals surface area (Å²) in [6, 6.07) is 2.12. The maximum atomic E-state index is 12.8. The van der Waals surface area contributed by atoms with Gasteiger partial charge in [-0.15, -0.1) is 0 Å². The Hall–Kier alpha value is -0.760. The molecule has 0 amide bonds. The zero-order chi connectivity index (χ0) is 14.8. The summed E-state index contributed by atoms with van der Waals surface area (Å²) in [5, 5.41) is 9.27.